The van der Waals surface area contributed by atoms with E-state index in [-0.39, 0.29) is 6.61 Å². The van der Waals surface area contributed by atoms with Gasteiger partial charge in [-0.2, -0.15) is 0 Å². The number of rotatable bonds is 3. The second kappa shape index (κ2) is 5.48. The van der Waals surface area contributed by atoms with Crippen molar-refractivity contribution in [3.63, 3.8) is 0 Å². The molecule has 0 unspecified atom stereocenters. The number of hydrogen-bond donors (Lipinski definition) is 1. The van der Waals surface area contributed by atoms with Crippen LogP contribution in [-0.4, -0.2) is 29.7 Å². The van der Waals surface area contributed by atoms with E-state index in [0.717, 1.165) is 26.1 Å². The Morgan fingerprint density at radius 3 is 2.75 bits per heavy atom. The summed E-state index contributed by atoms with van der Waals surface area (Å²) in [5.74, 6) is 0. The number of halogens is 1. The van der Waals surface area contributed by atoms with Gasteiger partial charge in [-0.3, -0.25) is 4.90 Å². The van der Waals surface area contributed by atoms with Crippen LogP contribution in [0.25, 0.3) is 0 Å². The van der Waals surface area contributed by atoms with Gasteiger partial charge in [-0.05, 0) is 17.6 Å². The number of aliphatic hydroxyl groups excluding tert-OH is 1. The fourth-order valence-corrected chi connectivity index (χ4v) is 2.19. The third-order valence-corrected chi connectivity index (χ3v) is 3.30. The molecule has 1 aliphatic rings. The van der Waals surface area contributed by atoms with Crippen LogP contribution in [0.4, 0.5) is 0 Å². The number of nitrogens with zero attached hydrogens (tertiary/aromatic N) is 1. The SMILES string of the molecule is OC/C(Cl)=C1/CCN(Cc2ccccc2)C1. The minimum Gasteiger partial charge on any atom is -0.391 e. The summed E-state index contributed by atoms with van der Waals surface area (Å²) in [6, 6.07) is 10.4. The molecule has 1 aliphatic heterocycles. The molecule has 86 valence electrons. The molecule has 1 N–H and O–H groups in total. The van der Waals surface area contributed by atoms with Crippen molar-refractivity contribution in [3.05, 3.63) is 46.5 Å². The van der Waals surface area contributed by atoms with E-state index in [9.17, 15) is 0 Å². The molecular weight excluding hydrogens is 222 g/mol. The maximum atomic E-state index is 8.96. The molecule has 1 aromatic carbocycles. The number of aliphatic hydroxyl groups is 1. The molecule has 0 amide bonds. The Morgan fingerprint density at radius 2 is 2.06 bits per heavy atom. The fraction of sp³-hybridized carbons (Fsp3) is 0.385. The van der Waals surface area contributed by atoms with Gasteiger partial charge in [0, 0.05) is 24.7 Å². The van der Waals surface area contributed by atoms with Crippen LogP contribution in [0.2, 0.25) is 0 Å². The molecule has 1 heterocycles. The zero-order valence-electron chi connectivity index (χ0n) is 9.19. The molecule has 3 heteroatoms. The van der Waals surface area contributed by atoms with Crippen LogP contribution in [0.1, 0.15) is 12.0 Å². The first kappa shape index (κ1) is 11.6. The summed E-state index contributed by atoms with van der Waals surface area (Å²) in [5, 5.41) is 9.58. The van der Waals surface area contributed by atoms with Gasteiger partial charge in [-0.1, -0.05) is 41.9 Å². The summed E-state index contributed by atoms with van der Waals surface area (Å²) < 4.78 is 0. The smallest absolute Gasteiger partial charge is 0.0788 e. The number of likely N-dealkylation sites (tertiary alicyclic amines) is 1. The highest BCUT2D eigenvalue weighted by atomic mass is 35.5. The van der Waals surface area contributed by atoms with E-state index in [4.69, 9.17) is 16.7 Å². The molecule has 0 aromatic heterocycles. The highest BCUT2D eigenvalue weighted by Gasteiger charge is 2.18. The van der Waals surface area contributed by atoms with Crippen LogP contribution in [0.5, 0.6) is 0 Å². The summed E-state index contributed by atoms with van der Waals surface area (Å²) >= 11 is 5.94. The quantitative estimate of drug-likeness (QED) is 0.873. The Bertz CT molecular complexity index is 375. The van der Waals surface area contributed by atoms with Crippen molar-refractivity contribution in [2.75, 3.05) is 19.7 Å². The molecule has 0 atom stereocenters. The van der Waals surface area contributed by atoms with E-state index in [0.29, 0.717) is 5.03 Å². The normalized spacial score (nSPS) is 20.1. The standard InChI is InChI=1S/C13H16ClNO/c14-13(10-16)12-6-7-15(9-12)8-11-4-2-1-3-5-11/h1-5,16H,6-10H2/b13-12+. The summed E-state index contributed by atoms with van der Waals surface area (Å²) in [7, 11) is 0. The van der Waals surface area contributed by atoms with Crippen LogP contribution >= 0.6 is 11.6 Å². The summed E-state index contributed by atoms with van der Waals surface area (Å²) in [6.07, 6.45) is 0.978. The lowest BCUT2D eigenvalue weighted by Crippen LogP contribution is -2.18. The summed E-state index contributed by atoms with van der Waals surface area (Å²) in [4.78, 5) is 2.35. The molecule has 16 heavy (non-hydrogen) atoms. The highest BCUT2D eigenvalue weighted by Crippen LogP contribution is 2.22. The van der Waals surface area contributed by atoms with E-state index >= 15 is 0 Å². The average molecular weight is 238 g/mol. The van der Waals surface area contributed by atoms with Crippen LogP contribution in [-0.2, 0) is 6.54 Å². The van der Waals surface area contributed by atoms with Gasteiger partial charge in [0.1, 0.15) is 0 Å². The molecule has 1 fully saturated rings. The molecule has 0 aliphatic carbocycles. The van der Waals surface area contributed by atoms with Gasteiger partial charge in [-0.25, -0.2) is 0 Å². The molecule has 1 saturated heterocycles. The van der Waals surface area contributed by atoms with Gasteiger partial charge in [0.2, 0.25) is 0 Å². The van der Waals surface area contributed by atoms with Crippen molar-refractivity contribution in [2.45, 2.75) is 13.0 Å². The lowest BCUT2D eigenvalue weighted by atomic mass is 10.2. The number of hydrogen-bond acceptors (Lipinski definition) is 2. The predicted octanol–water partition coefficient (Wildman–Crippen LogP) is 2.38. The first-order valence-electron chi connectivity index (χ1n) is 5.53. The first-order valence-corrected chi connectivity index (χ1v) is 5.91. The van der Waals surface area contributed by atoms with Crippen molar-refractivity contribution in [2.24, 2.45) is 0 Å². The average Bonchev–Trinajstić information content (AvgIpc) is 2.78. The molecule has 2 rings (SSSR count). The van der Waals surface area contributed by atoms with Crippen molar-refractivity contribution < 1.29 is 5.11 Å². The summed E-state index contributed by atoms with van der Waals surface area (Å²) in [5.41, 5.74) is 2.50. The molecule has 0 bridgehead atoms. The Balaban J connectivity index is 1.95. The predicted molar refractivity (Wildman–Crippen MR) is 66.3 cm³/mol. The molecular formula is C13H16ClNO. The van der Waals surface area contributed by atoms with E-state index in [1.807, 2.05) is 6.07 Å². The third kappa shape index (κ3) is 2.85. The molecule has 0 radical (unpaired) electrons. The minimum absolute atomic E-state index is 0.0317. The molecule has 0 spiro atoms. The van der Waals surface area contributed by atoms with E-state index in [1.54, 1.807) is 0 Å². The molecule has 2 nitrogen and oxygen atoms in total. The number of benzene rings is 1. The third-order valence-electron chi connectivity index (χ3n) is 2.92. The first-order chi connectivity index (χ1) is 7.79. The Hall–Kier alpha value is -0.830. The maximum absolute atomic E-state index is 8.96. The Labute approximate surface area is 101 Å². The van der Waals surface area contributed by atoms with Crippen LogP contribution < -0.4 is 0 Å². The Morgan fingerprint density at radius 1 is 1.31 bits per heavy atom. The van der Waals surface area contributed by atoms with Crippen LogP contribution in [0.3, 0.4) is 0 Å². The van der Waals surface area contributed by atoms with Gasteiger partial charge in [0.25, 0.3) is 0 Å². The monoisotopic (exact) mass is 237 g/mol. The van der Waals surface area contributed by atoms with Crippen molar-refractivity contribution in [1.82, 2.24) is 4.90 Å². The second-order valence-electron chi connectivity index (χ2n) is 4.11. The van der Waals surface area contributed by atoms with Gasteiger partial charge in [0.15, 0.2) is 0 Å². The van der Waals surface area contributed by atoms with Crippen LogP contribution in [0, 0.1) is 0 Å². The van der Waals surface area contributed by atoms with E-state index in [2.05, 4.69) is 29.2 Å². The fourth-order valence-electron chi connectivity index (χ4n) is 2.03. The minimum atomic E-state index is -0.0317. The zero-order valence-corrected chi connectivity index (χ0v) is 9.95. The van der Waals surface area contributed by atoms with Gasteiger partial charge < -0.3 is 5.11 Å². The largest absolute Gasteiger partial charge is 0.391 e. The van der Waals surface area contributed by atoms with Gasteiger partial charge in [-0.15, -0.1) is 0 Å². The molecule has 0 saturated carbocycles. The molecule has 1 aromatic rings. The van der Waals surface area contributed by atoms with Gasteiger partial charge >= 0.3 is 0 Å². The van der Waals surface area contributed by atoms with E-state index in [1.165, 1.54) is 11.1 Å². The zero-order chi connectivity index (χ0) is 11.4. The van der Waals surface area contributed by atoms with E-state index < -0.39 is 0 Å². The maximum Gasteiger partial charge on any atom is 0.0788 e. The topological polar surface area (TPSA) is 23.5 Å². The van der Waals surface area contributed by atoms with Crippen LogP contribution in [0.15, 0.2) is 40.9 Å². The van der Waals surface area contributed by atoms with Crippen molar-refractivity contribution >= 4 is 11.6 Å². The van der Waals surface area contributed by atoms with Gasteiger partial charge in [0.05, 0.1) is 6.61 Å². The van der Waals surface area contributed by atoms with Crippen molar-refractivity contribution in [1.29, 1.82) is 0 Å². The lowest BCUT2D eigenvalue weighted by Gasteiger charge is -2.14. The van der Waals surface area contributed by atoms with Crippen molar-refractivity contribution in [3.8, 4) is 0 Å². The second-order valence-corrected chi connectivity index (χ2v) is 4.57. The highest BCUT2D eigenvalue weighted by molar-refractivity contribution is 6.30. The lowest BCUT2D eigenvalue weighted by molar-refractivity contribution is 0.331. The summed E-state index contributed by atoms with van der Waals surface area (Å²) in [6.45, 7) is 2.84. The Kier molecular flexibility index (Phi) is 3.99.